The molecule has 0 bridgehead atoms. The van der Waals surface area contributed by atoms with Gasteiger partial charge in [-0.25, -0.2) is 0 Å². The summed E-state index contributed by atoms with van der Waals surface area (Å²) in [4.78, 5) is 19.4. The van der Waals surface area contributed by atoms with Gasteiger partial charge in [-0.05, 0) is 59.3 Å². The van der Waals surface area contributed by atoms with Crippen molar-refractivity contribution in [1.82, 2.24) is 10.3 Å². The molecule has 1 aromatic carbocycles. The zero-order chi connectivity index (χ0) is 25.0. The summed E-state index contributed by atoms with van der Waals surface area (Å²) in [6.45, 7) is 18.4. The molecule has 2 aliphatic rings. The molecule has 0 unspecified atom stereocenters. The van der Waals surface area contributed by atoms with Crippen molar-refractivity contribution >= 4 is 22.5 Å². The van der Waals surface area contributed by atoms with Crippen molar-refractivity contribution in [3.05, 3.63) is 41.6 Å². The Bertz CT molecular complexity index is 1100. The predicted octanol–water partition coefficient (Wildman–Crippen LogP) is 5.47. The summed E-state index contributed by atoms with van der Waals surface area (Å²) in [6, 6.07) is 2.05. The van der Waals surface area contributed by atoms with Crippen LogP contribution in [-0.2, 0) is 26.8 Å². The number of nitrogens with one attached hydrogen (secondary N) is 2. The molecule has 0 spiro atoms. The normalized spacial score (nSPS) is 29.6. The summed E-state index contributed by atoms with van der Waals surface area (Å²) in [5.74, 6) is 0.729. The largest absolute Gasteiger partial charge is 0.383 e. The molecule has 34 heavy (non-hydrogen) atoms. The lowest BCUT2D eigenvalue weighted by atomic mass is 9.57. The van der Waals surface area contributed by atoms with Crippen LogP contribution in [0.2, 0.25) is 0 Å². The third-order valence-electron chi connectivity index (χ3n) is 8.97. The van der Waals surface area contributed by atoms with Crippen molar-refractivity contribution in [2.75, 3.05) is 25.7 Å². The fourth-order valence-electron chi connectivity index (χ4n) is 6.40. The highest BCUT2D eigenvalue weighted by molar-refractivity contribution is 6.01. The van der Waals surface area contributed by atoms with Gasteiger partial charge in [0.05, 0.1) is 18.2 Å². The first-order chi connectivity index (χ1) is 16.0. The number of benzene rings is 1. The molecular formula is C29H43N3O2. The number of likely N-dealkylation sites (N-methyl/N-ethyl adjacent to an activating group) is 1. The van der Waals surface area contributed by atoms with E-state index in [1.807, 2.05) is 0 Å². The van der Waals surface area contributed by atoms with Crippen LogP contribution in [0.1, 0.15) is 71.1 Å². The molecule has 2 N–H and O–H groups in total. The van der Waals surface area contributed by atoms with E-state index in [0.717, 1.165) is 24.9 Å². The highest BCUT2D eigenvalue weighted by Crippen LogP contribution is 2.54. The van der Waals surface area contributed by atoms with E-state index in [-0.39, 0.29) is 34.7 Å². The van der Waals surface area contributed by atoms with E-state index < -0.39 is 0 Å². The minimum Gasteiger partial charge on any atom is -0.383 e. The molecule has 1 aliphatic carbocycles. The number of allylic oxidation sites excluding steroid dienone is 1. The van der Waals surface area contributed by atoms with Crippen molar-refractivity contribution in [3.63, 3.8) is 0 Å². The van der Waals surface area contributed by atoms with Crippen molar-refractivity contribution in [3.8, 4) is 0 Å². The van der Waals surface area contributed by atoms with Crippen molar-refractivity contribution < 1.29 is 9.53 Å². The summed E-state index contributed by atoms with van der Waals surface area (Å²) in [5, 5.41) is 4.54. The van der Waals surface area contributed by atoms with Crippen LogP contribution in [0, 0.1) is 11.8 Å². The average Bonchev–Trinajstić information content (AvgIpc) is 3.19. The first kappa shape index (κ1) is 24.8. The lowest BCUT2D eigenvalue weighted by molar-refractivity contribution is -0.124. The van der Waals surface area contributed by atoms with Gasteiger partial charge in [-0.2, -0.15) is 0 Å². The van der Waals surface area contributed by atoms with Crippen LogP contribution in [0.3, 0.4) is 0 Å². The molecule has 0 saturated heterocycles. The number of anilines is 1. The minimum atomic E-state index is -0.267. The van der Waals surface area contributed by atoms with Crippen molar-refractivity contribution in [1.29, 1.82) is 0 Å². The first-order valence-corrected chi connectivity index (χ1v) is 12.8. The molecule has 5 nitrogen and oxygen atoms in total. The van der Waals surface area contributed by atoms with Gasteiger partial charge < -0.3 is 19.9 Å². The minimum absolute atomic E-state index is 0.0625. The predicted molar refractivity (Wildman–Crippen MR) is 142 cm³/mol. The highest BCUT2D eigenvalue weighted by atomic mass is 16.5. The molecule has 5 heteroatoms. The van der Waals surface area contributed by atoms with E-state index in [4.69, 9.17) is 4.74 Å². The van der Waals surface area contributed by atoms with Gasteiger partial charge in [0, 0.05) is 36.8 Å². The van der Waals surface area contributed by atoms with Gasteiger partial charge >= 0.3 is 0 Å². The molecule has 1 amide bonds. The fraction of sp³-hybridized carbons (Fsp3) is 0.621. The SMILES string of the molecule is C=C[C@@]1(C)CC[C@](C)(C(C)C)c2c1cc1c3c(c[nH]c23)C[C@@H](COC)NC(=O)[C@H](C(C)C)N1C. The Morgan fingerprint density at radius 2 is 1.97 bits per heavy atom. The lowest BCUT2D eigenvalue weighted by Gasteiger charge is -2.47. The molecule has 4 rings (SSSR count). The highest BCUT2D eigenvalue weighted by Gasteiger charge is 2.45. The second kappa shape index (κ2) is 8.75. The number of carbonyl (C=O) groups is 1. The lowest BCUT2D eigenvalue weighted by Crippen LogP contribution is -2.52. The summed E-state index contributed by atoms with van der Waals surface area (Å²) in [5.41, 5.74) is 6.34. The fourth-order valence-corrected chi connectivity index (χ4v) is 6.40. The Kier molecular flexibility index (Phi) is 6.39. The first-order valence-electron chi connectivity index (χ1n) is 12.8. The van der Waals surface area contributed by atoms with Gasteiger partial charge in [0.2, 0.25) is 5.91 Å². The number of aromatic nitrogens is 1. The second-order valence-corrected chi connectivity index (χ2v) is 11.7. The molecule has 0 saturated carbocycles. The topological polar surface area (TPSA) is 57.4 Å². The van der Waals surface area contributed by atoms with Crippen LogP contribution >= 0.6 is 0 Å². The van der Waals surface area contributed by atoms with E-state index in [1.165, 1.54) is 27.6 Å². The number of carbonyl (C=O) groups excluding carboxylic acids is 1. The van der Waals surface area contributed by atoms with Crippen molar-refractivity contribution in [2.45, 2.75) is 83.7 Å². The molecule has 2 heterocycles. The standard InChI is InChI=1S/C29H43N3O2/c1-10-28(6)11-12-29(7,18(4)5)24-21(28)14-22-23-19(15-30-25(23)24)13-20(16-34-9)31-27(33)26(17(2)3)32(22)8/h10,14-15,17-18,20,26,30H,1,11-13,16H2,2-9H3,(H,31,33)/t20-,26-,28-,29+/m0/s1. The van der Waals surface area contributed by atoms with Crippen LogP contribution in [0.25, 0.3) is 10.9 Å². The molecule has 0 fully saturated rings. The van der Waals surface area contributed by atoms with Crippen LogP contribution in [-0.4, -0.2) is 43.7 Å². The van der Waals surface area contributed by atoms with E-state index in [0.29, 0.717) is 12.5 Å². The maximum absolute atomic E-state index is 13.5. The van der Waals surface area contributed by atoms with E-state index in [9.17, 15) is 4.79 Å². The molecule has 2 aromatic rings. The van der Waals surface area contributed by atoms with Gasteiger partial charge in [0.15, 0.2) is 0 Å². The summed E-state index contributed by atoms with van der Waals surface area (Å²) >= 11 is 0. The van der Waals surface area contributed by atoms with E-state index in [1.54, 1.807) is 7.11 Å². The van der Waals surface area contributed by atoms with Crippen LogP contribution in [0.4, 0.5) is 5.69 Å². The number of hydrogen-bond acceptors (Lipinski definition) is 3. The number of aromatic amines is 1. The van der Waals surface area contributed by atoms with Gasteiger partial charge in [-0.15, -0.1) is 6.58 Å². The summed E-state index contributed by atoms with van der Waals surface area (Å²) in [6.07, 6.45) is 7.23. The number of fused-ring (bicyclic) bond motifs is 2. The maximum atomic E-state index is 13.5. The monoisotopic (exact) mass is 465 g/mol. The molecule has 186 valence electrons. The summed E-state index contributed by atoms with van der Waals surface area (Å²) < 4.78 is 5.50. The number of methoxy groups -OCH3 is 1. The van der Waals surface area contributed by atoms with Gasteiger partial charge in [-0.1, -0.05) is 47.6 Å². The Labute approximate surface area is 205 Å². The van der Waals surface area contributed by atoms with Gasteiger partial charge in [0.1, 0.15) is 6.04 Å². The van der Waals surface area contributed by atoms with Crippen molar-refractivity contribution in [2.24, 2.45) is 11.8 Å². The smallest absolute Gasteiger partial charge is 0.243 e. The van der Waals surface area contributed by atoms with Crippen LogP contribution in [0.5, 0.6) is 0 Å². The van der Waals surface area contributed by atoms with Crippen LogP contribution < -0.4 is 10.2 Å². The number of amides is 1. The van der Waals surface area contributed by atoms with E-state index in [2.05, 4.69) is 88.7 Å². The molecule has 1 aliphatic heterocycles. The zero-order valence-electron chi connectivity index (χ0n) is 22.3. The van der Waals surface area contributed by atoms with Gasteiger partial charge in [-0.3, -0.25) is 4.79 Å². The number of nitrogens with zero attached hydrogens (tertiary/aromatic N) is 1. The molecule has 1 aromatic heterocycles. The number of ether oxygens (including phenoxy) is 1. The Balaban J connectivity index is 2.09. The second-order valence-electron chi connectivity index (χ2n) is 11.7. The molecule has 0 radical (unpaired) electrons. The molecule has 4 atom stereocenters. The molecular weight excluding hydrogens is 422 g/mol. The zero-order valence-corrected chi connectivity index (χ0v) is 22.3. The maximum Gasteiger partial charge on any atom is 0.243 e. The number of rotatable bonds is 5. The van der Waals surface area contributed by atoms with E-state index >= 15 is 0 Å². The quantitative estimate of drug-likeness (QED) is 0.576. The average molecular weight is 466 g/mol. The Morgan fingerprint density at radius 3 is 2.56 bits per heavy atom. The number of hydrogen-bond donors (Lipinski definition) is 2. The Hall–Kier alpha value is -2.27. The Morgan fingerprint density at radius 1 is 1.26 bits per heavy atom. The summed E-state index contributed by atoms with van der Waals surface area (Å²) in [7, 11) is 3.78. The van der Waals surface area contributed by atoms with Crippen LogP contribution in [0.15, 0.2) is 24.9 Å². The number of H-pyrrole nitrogens is 1. The van der Waals surface area contributed by atoms with Gasteiger partial charge in [0.25, 0.3) is 0 Å². The third-order valence-corrected chi connectivity index (χ3v) is 8.97. The third kappa shape index (κ3) is 3.67.